The molecule has 0 aliphatic carbocycles. The third-order valence-corrected chi connectivity index (χ3v) is 4.01. The fraction of sp³-hybridized carbons (Fsp3) is 0.158. The second kappa shape index (κ2) is 5.66. The summed E-state index contributed by atoms with van der Waals surface area (Å²) < 4.78 is 10.1. The van der Waals surface area contributed by atoms with Crippen molar-refractivity contribution in [3.8, 4) is 0 Å². The Bertz CT molecular complexity index is 1140. The zero-order valence-corrected chi connectivity index (χ0v) is 13.7. The van der Waals surface area contributed by atoms with Crippen molar-refractivity contribution in [1.29, 1.82) is 0 Å². The highest BCUT2D eigenvalue weighted by Crippen LogP contribution is 2.17. The first-order valence-electron chi connectivity index (χ1n) is 7.80. The van der Waals surface area contributed by atoms with Crippen molar-refractivity contribution in [2.75, 3.05) is 0 Å². The number of hydrogen-bond donors (Lipinski definition) is 0. The quantitative estimate of drug-likeness (QED) is 0.560. The van der Waals surface area contributed by atoms with E-state index in [4.69, 9.17) is 8.83 Å². The summed E-state index contributed by atoms with van der Waals surface area (Å²) in [6.07, 6.45) is 0.562. The van der Waals surface area contributed by atoms with Gasteiger partial charge in [-0.1, -0.05) is 12.1 Å². The Labute approximate surface area is 141 Å². The van der Waals surface area contributed by atoms with Crippen LogP contribution in [0.15, 0.2) is 54.8 Å². The molecule has 0 spiro atoms. The largest absolute Gasteiger partial charge is 0.408 e. The molecule has 6 heteroatoms. The minimum atomic E-state index is -0.400. The molecule has 0 atom stereocenters. The van der Waals surface area contributed by atoms with Crippen LogP contribution < -0.4 is 11.3 Å². The molecule has 4 rings (SSSR count). The predicted molar refractivity (Wildman–Crippen MR) is 92.8 cm³/mol. The topological polar surface area (TPSA) is 86.2 Å². The molecule has 0 saturated carbocycles. The zero-order chi connectivity index (χ0) is 17.6. The Morgan fingerprint density at radius 3 is 1.64 bits per heavy atom. The monoisotopic (exact) mass is 334 g/mol. The van der Waals surface area contributed by atoms with Gasteiger partial charge in [0.05, 0.1) is 21.8 Å². The lowest BCUT2D eigenvalue weighted by Crippen LogP contribution is -2.05. The van der Waals surface area contributed by atoms with Gasteiger partial charge in [-0.25, -0.2) is 19.6 Å². The van der Waals surface area contributed by atoms with Gasteiger partial charge in [0.15, 0.2) is 11.8 Å². The second-order valence-electron chi connectivity index (χ2n) is 5.92. The van der Waals surface area contributed by atoms with Gasteiger partial charge in [0, 0.05) is 13.8 Å². The van der Waals surface area contributed by atoms with Gasteiger partial charge >= 0.3 is 11.3 Å². The van der Waals surface area contributed by atoms with Crippen molar-refractivity contribution in [3.63, 3.8) is 0 Å². The second-order valence-corrected chi connectivity index (χ2v) is 5.92. The van der Waals surface area contributed by atoms with Gasteiger partial charge in [0.2, 0.25) is 0 Å². The summed E-state index contributed by atoms with van der Waals surface area (Å²) in [6, 6.07) is 11.0. The van der Waals surface area contributed by atoms with E-state index in [0.717, 1.165) is 11.1 Å². The smallest absolute Gasteiger partial charge is 0.346 e. The van der Waals surface area contributed by atoms with Gasteiger partial charge in [-0.05, 0) is 41.8 Å². The van der Waals surface area contributed by atoms with E-state index in [1.807, 2.05) is 12.1 Å². The molecule has 6 nitrogen and oxygen atoms in total. The van der Waals surface area contributed by atoms with Gasteiger partial charge in [-0.3, -0.25) is 0 Å². The Kier molecular flexibility index (Phi) is 3.46. The average molecular weight is 334 g/mol. The number of fused-ring (bicyclic) bond motifs is 2. The van der Waals surface area contributed by atoms with Crippen LogP contribution in [0.1, 0.15) is 22.9 Å². The van der Waals surface area contributed by atoms with Gasteiger partial charge in [-0.2, -0.15) is 0 Å². The van der Waals surface area contributed by atoms with Crippen LogP contribution in [0.3, 0.4) is 0 Å². The van der Waals surface area contributed by atoms with E-state index >= 15 is 0 Å². The summed E-state index contributed by atoms with van der Waals surface area (Å²) in [5.74, 6) is 0.684. The molecule has 0 radical (unpaired) electrons. The summed E-state index contributed by atoms with van der Waals surface area (Å²) in [5.41, 5.74) is 2.27. The predicted octanol–water partition coefficient (Wildman–Crippen LogP) is 2.90. The molecule has 4 aromatic rings. The molecule has 0 N–H and O–H groups in total. The van der Waals surface area contributed by atoms with Crippen LogP contribution in [0.2, 0.25) is 0 Å². The van der Waals surface area contributed by atoms with Crippen LogP contribution in [0.25, 0.3) is 21.8 Å². The number of aryl methyl sites for hydroxylation is 2. The molecular weight excluding hydrogens is 320 g/mol. The van der Waals surface area contributed by atoms with Crippen molar-refractivity contribution in [1.82, 2.24) is 9.97 Å². The highest BCUT2D eigenvalue weighted by Gasteiger charge is 2.08. The van der Waals surface area contributed by atoms with Crippen LogP contribution in [-0.2, 0) is 6.42 Å². The fourth-order valence-electron chi connectivity index (χ4n) is 2.91. The van der Waals surface area contributed by atoms with E-state index in [1.165, 1.54) is 0 Å². The first kappa shape index (κ1) is 15.3. The van der Waals surface area contributed by atoms with Crippen molar-refractivity contribution >= 4 is 21.8 Å². The van der Waals surface area contributed by atoms with Crippen LogP contribution >= 0.6 is 0 Å². The van der Waals surface area contributed by atoms with Gasteiger partial charge < -0.3 is 8.83 Å². The van der Waals surface area contributed by atoms with Gasteiger partial charge in [0.1, 0.15) is 0 Å². The van der Waals surface area contributed by atoms with Gasteiger partial charge in [0.25, 0.3) is 0 Å². The highest BCUT2D eigenvalue weighted by molar-refractivity contribution is 5.79. The lowest BCUT2D eigenvalue weighted by Gasteiger charge is -2.05. The molecule has 2 aromatic carbocycles. The number of rotatable bonds is 2. The Morgan fingerprint density at radius 2 is 1.20 bits per heavy atom. The van der Waals surface area contributed by atoms with Crippen molar-refractivity contribution in [2.45, 2.75) is 20.3 Å². The molecule has 25 heavy (non-hydrogen) atoms. The average Bonchev–Trinajstić information content (AvgIpc) is 2.56. The molecule has 0 bridgehead atoms. The molecular formula is C19H14N2O4. The molecule has 2 aromatic heterocycles. The fourth-order valence-corrected chi connectivity index (χ4v) is 2.91. The Hall–Kier alpha value is -3.28. The maximum absolute atomic E-state index is 12.0. The lowest BCUT2D eigenvalue weighted by atomic mass is 10.0. The molecule has 124 valence electrons. The van der Waals surface area contributed by atoms with Crippen molar-refractivity contribution < 1.29 is 8.83 Å². The van der Waals surface area contributed by atoms with Crippen LogP contribution in [-0.4, -0.2) is 9.97 Å². The summed E-state index contributed by atoms with van der Waals surface area (Å²) in [4.78, 5) is 32.4. The minimum Gasteiger partial charge on any atom is -0.408 e. The third-order valence-electron chi connectivity index (χ3n) is 4.01. The standard InChI is InChI=1S/C19H14N2O4/c1-10-20-16-5-3-12(8-14(16)18(22)24-10)7-13-4-6-17-15(9-13)19(23)25-11(2)21-17/h3-6,8-9H,7H2,1-2H3. The van der Waals surface area contributed by atoms with E-state index < -0.39 is 11.3 Å². The first-order chi connectivity index (χ1) is 12.0. The van der Waals surface area contributed by atoms with Crippen LogP contribution in [0.4, 0.5) is 0 Å². The Balaban J connectivity index is 1.77. The number of nitrogens with zero attached hydrogens (tertiary/aromatic N) is 2. The number of aromatic nitrogens is 2. The lowest BCUT2D eigenvalue weighted by molar-refractivity contribution is 0.466. The summed E-state index contributed by atoms with van der Waals surface area (Å²) in [5, 5.41) is 0.890. The van der Waals surface area contributed by atoms with E-state index in [9.17, 15) is 9.59 Å². The zero-order valence-electron chi connectivity index (χ0n) is 13.7. The normalized spacial score (nSPS) is 11.3. The summed E-state index contributed by atoms with van der Waals surface area (Å²) in [6.45, 7) is 3.29. The maximum Gasteiger partial charge on any atom is 0.346 e. The summed E-state index contributed by atoms with van der Waals surface area (Å²) >= 11 is 0. The minimum absolute atomic E-state index is 0.342. The first-order valence-corrected chi connectivity index (χ1v) is 7.80. The highest BCUT2D eigenvalue weighted by atomic mass is 16.4. The van der Waals surface area contributed by atoms with E-state index in [1.54, 1.807) is 38.1 Å². The molecule has 0 fully saturated rings. The molecule has 0 aliphatic heterocycles. The van der Waals surface area contributed by atoms with E-state index in [-0.39, 0.29) is 0 Å². The van der Waals surface area contributed by atoms with Crippen LogP contribution in [0, 0.1) is 13.8 Å². The molecule has 0 unspecified atom stereocenters. The summed E-state index contributed by atoms with van der Waals surface area (Å²) in [7, 11) is 0. The molecule has 2 heterocycles. The van der Waals surface area contributed by atoms with Crippen molar-refractivity contribution in [3.05, 3.63) is 80.1 Å². The molecule has 0 saturated heterocycles. The van der Waals surface area contributed by atoms with Crippen LogP contribution in [0.5, 0.6) is 0 Å². The number of hydrogen-bond acceptors (Lipinski definition) is 6. The SMILES string of the molecule is Cc1nc2ccc(Cc3ccc4nc(C)oc(=O)c4c3)cc2c(=O)o1. The Morgan fingerprint density at radius 1 is 0.760 bits per heavy atom. The molecule has 0 amide bonds. The third kappa shape index (κ3) is 2.82. The number of benzene rings is 2. The van der Waals surface area contributed by atoms with E-state index in [2.05, 4.69) is 9.97 Å². The maximum atomic E-state index is 12.0. The van der Waals surface area contributed by atoms with Crippen molar-refractivity contribution in [2.24, 2.45) is 0 Å². The molecule has 0 aliphatic rings. The van der Waals surface area contributed by atoms with Gasteiger partial charge in [-0.15, -0.1) is 0 Å². The van der Waals surface area contributed by atoms with E-state index in [0.29, 0.717) is 40.0 Å².